The SMILES string of the molecule is CCNCc1cccc(-c2ccc3ncnc(N)c3n2)c1. The van der Waals surface area contributed by atoms with Gasteiger partial charge in [-0.2, -0.15) is 0 Å². The van der Waals surface area contributed by atoms with Crippen LogP contribution in [0.1, 0.15) is 12.5 Å². The summed E-state index contributed by atoms with van der Waals surface area (Å²) in [6.45, 7) is 3.90. The molecule has 5 nitrogen and oxygen atoms in total. The van der Waals surface area contributed by atoms with Crippen LogP contribution in [0.5, 0.6) is 0 Å². The molecule has 1 aromatic carbocycles. The number of hydrogen-bond acceptors (Lipinski definition) is 5. The van der Waals surface area contributed by atoms with Crippen molar-refractivity contribution in [1.29, 1.82) is 0 Å². The summed E-state index contributed by atoms with van der Waals surface area (Å²) in [7, 11) is 0. The predicted octanol–water partition coefficient (Wildman–Crippen LogP) is 2.38. The molecule has 0 bridgehead atoms. The summed E-state index contributed by atoms with van der Waals surface area (Å²) < 4.78 is 0. The molecule has 0 aliphatic rings. The molecule has 5 heteroatoms. The second-order valence-electron chi connectivity index (χ2n) is 4.80. The first-order chi connectivity index (χ1) is 10.3. The number of hydrogen-bond donors (Lipinski definition) is 2. The smallest absolute Gasteiger partial charge is 0.153 e. The number of benzene rings is 1. The molecule has 106 valence electrons. The van der Waals surface area contributed by atoms with Gasteiger partial charge in [0, 0.05) is 12.1 Å². The molecule has 0 aliphatic heterocycles. The van der Waals surface area contributed by atoms with Gasteiger partial charge >= 0.3 is 0 Å². The molecule has 0 spiro atoms. The highest BCUT2D eigenvalue weighted by Gasteiger charge is 2.06. The molecule has 21 heavy (non-hydrogen) atoms. The molecular formula is C16H17N5. The fourth-order valence-corrected chi connectivity index (χ4v) is 2.23. The molecule has 2 aromatic heterocycles. The second-order valence-corrected chi connectivity index (χ2v) is 4.80. The highest BCUT2D eigenvalue weighted by molar-refractivity contribution is 5.85. The third-order valence-electron chi connectivity index (χ3n) is 3.31. The number of fused-ring (bicyclic) bond motifs is 1. The van der Waals surface area contributed by atoms with Gasteiger partial charge < -0.3 is 11.1 Å². The van der Waals surface area contributed by atoms with Gasteiger partial charge in [0.1, 0.15) is 11.8 Å². The van der Waals surface area contributed by atoms with Crippen LogP contribution in [0, 0.1) is 0 Å². The minimum absolute atomic E-state index is 0.408. The van der Waals surface area contributed by atoms with Crippen molar-refractivity contribution >= 4 is 16.9 Å². The fraction of sp³-hybridized carbons (Fsp3) is 0.188. The molecule has 0 radical (unpaired) electrons. The zero-order chi connectivity index (χ0) is 14.7. The van der Waals surface area contributed by atoms with Crippen LogP contribution in [-0.2, 0) is 6.54 Å². The molecule has 0 atom stereocenters. The molecule has 3 aromatic rings. The standard InChI is InChI=1S/C16H17N5/c1-2-18-9-11-4-3-5-12(8-11)13-6-7-14-15(21-13)16(17)20-10-19-14/h3-8,10,18H,2,9H2,1H3,(H2,17,19,20). The Morgan fingerprint density at radius 3 is 2.90 bits per heavy atom. The minimum Gasteiger partial charge on any atom is -0.382 e. The Balaban J connectivity index is 2.02. The molecule has 0 unspecified atom stereocenters. The van der Waals surface area contributed by atoms with Crippen molar-refractivity contribution in [3.8, 4) is 11.3 Å². The van der Waals surface area contributed by atoms with Crippen molar-refractivity contribution in [2.24, 2.45) is 0 Å². The second kappa shape index (κ2) is 5.85. The first kappa shape index (κ1) is 13.5. The van der Waals surface area contributed by atoms with Gasteiger partial charge in [0.25, 0.3) is 0 Å². The molecule has 0 fully saturated rings. The lowest BCUT2D eigenvalue weighted by molar-refractivity contribution is 0.727. The van der Waals surface area contributed by atoms with Gasteiger partial charge in [-0.3, -0.25) is 0 Å². The van der Waals surface area contributed by atoms with Crippen LogP contribution >= 0.6 is 0 Å². The van der Waals surface area contributed by atoms with Crippen molar-refractivity contribution in [2.45, 2.75) is 13.5 Å². The topological polar surface area (TPSA) is 76.7 Å². The van der Waals surface area contributed by atoms with E-state index in [0.717, 1.165) is 29.9 Å². The Bertz CT molecular complexity index is 769. The number of pyridine rings is 1. The van der Waals surface area contributed by atoms with Gasteiger partial charge in [-0.25, -0.2) is 15.0 Å². The molecule has 3 N–H and O–H groups in total. The Kier molecular flexibility index (Phi) is 3.75. The molecular weight excluding hydrogens is 262 g/mol. The molecule has 0 amide bonds. The van der Waals surface area contributed by atoms with E-state index < -0.39 is 0 Å². The van der Waals surface area contributed by atoms with E-state index in [1.807, 2.05) is 24.3 Å². The first-order valence-electron chi connectivity index (χ1n) is 6.95. The van der Waals surface area contributed by atoms with E-state index in [-0.39, 0.29) is 0 Å². The van der Waals surface area contributed by atoms with E-state index in [0.29, 0.717) is 11.3 Å². The maximum Gasteiger partial charge on any atom is 0.153 e. The van der Waals surface area contributed by atoms with Crippen LogP contribution in [0.2, 0.25) is 0 Å². The number of nitrogen functional groups attached to an aromatic ring is 1. The third-order valence-corrected chi connectivity index (χ3v) is 3.31. The van der Waals surface area contributed by atoms with Crippen LogP contribution in [0.25, 0.3) is 22.3 Å². The zero-order valence-corrected chi connectivity index (χ0v) is 11.9. The molecule has 2 heterocycles. The van der Waals surface area contributed by atoms with Gasteiger partial charge in [0.15, 0.2) is 5.82 Å². The molecule has 0 saturated carbocycles. The number of nitrogens with one attached hydrogen (secondary N) is 1. The maximum absolute atomic E-state index is 5.88. The maximum atomic E-state index is 5.88. The van der Waals surface area contributed by atoms with Crippen molar-refractivity contribution in [3.05, 3.63) is 48.3 Å². The number of nitrogens with zero attached hydrogens (tertiary/aromatic N) is 3. The first-order valence-corrected chi connectivity index (χ1v) is 6.95. The Morgan fingerprint density at radius 1 is 1.14 bits per heavy atom. The monoisotopic (exact) mass is 279 g/mol. The van der Waals surface area contributed by atoms with Gasteiger partial charge in [0.05, 0.1) is 11.2 Å². The quantitative estimate of drug-likeness (QED) is 0.766. The van der Waals surface area contributed by atoms with E-state index >= 15 is 0 Å². The van der Waals surface area contributed by atoms with Gasteiger partial charge in [-0.1, -0.05) is 25.1 Å². The number of aromatic nitrogens is 3. The van der Waals surface area contributed by atoms with E-state index in [4.69, 9.17) is 5.73 Å². The largest absolute Gasteiger partial charge is 0.382 e. The third kappa shape index (κ3) is 2.83. The molecule has 3 rings (SSSR count). The summed E-state index contributed by atoms with van der Waals surface area (Å²) in [5.41, 5.74) is 10.5. The van der Waals surface area contributed by atoms with Crippen LogP contribution in [-0.4, -0.2) is 21.5 Å². The van der Waals surface area contributed by atoms with E-state index in [2.05, 4.69) is 39.3 Å². The highest BCUT2D eigenvalue weighted by atomic mass is 14.9. The van der Waals surface area contributed by atoms with Crippen molar-refractivity contribution < 1.29 is 0 Å². The summed E-state index contributed by atoms with van der Waals surface area (Å²) >= 11 is 0. The average molecular weight is 279 g/mol. The minimum atomic E-state index is 0.408. The predicted molar refractivity (Wildman–Crippen MR) is 84.6 cm³/mol. The van der Waals surface area contributed by atoms with Crippen molar-refractivity contribution in [1.82, 2.24) is 20.3 Å². The fourth-order valence-electron chi connectivity index (χ4n) is 2.23. The normalized spacial score (nSPS) is 10.9. The summed E-state index contributed by atoms with van der Waals surface area (Å²) in [6, 6.07) is 12.2. The lowest BCUT2D eigenvalue weighted by atomic mass is 10.1. The average Bonchev–Trinajstić information content (AvgIpc) is 2.53. The van der Waals surface area contributed by atoms with Gasteiger partial charge in [0.2, 0.25) is 0 Å². The lowest BCUT2D eigenvalue weighted by Gasteiger charge is -2.07. The van der Waals surface area contributed by atoms with Crippen LogP contribution < -0.4 is 11.1 Å². The van der Waals surface area contributed by atoms with E-state index in [1.54, 1.807) is 0 Å². The Morgan fingerprint density at radius 2 is 2.05 bits per heavy atom. The zero-order valence-electron chi connectivity index (χ0n) is 11.9. The summed E-state index contributed by atoms with van der Waals surface area (Å²) in [5.74, 6) is 0.408. The van der Waals surface area contributed by atoms with E-state index in [1.165, 1.54) is 11.9 Å². The van der Waals surface area contributed by atoms with Gasteiger partial charge in [-0.05, 0) is 30.3 Å². The Labute approximate surface area is 123 Å². The molecule has 0 saturated heterocycles. The summed E-state index contributed by atoms with van der Waals surface area (Å²) in [4.78, 5) is 12.8. The summed E-state index contributed by atoms with van der Waals surface area (Å²) in [6.07, 6.45) is 1.45. The Hall–Kier alpha value is -2.53. The number of nitrogens with two attached hydrogens (primary N) is 1. The van der Waals surface area contributed by atoms with E-state index in [9.17, 15) is 0 Å². The molecule has 0 aliphatic carbocycles. The number of rotatable bonds is 4. The van der Waals surface area contributed by atoms with Crippen LogP contribution in [0.3, 0.4) is 0 Å². The van der Waals surface area contributed by atoms with Crippen molar-refractivity contribution in [2.75, 3.05) is 12.3 Å². The van der Waals surface area contributed by atoms with Crippen LogP contribution in [0.4, 0.5) is 5.82 Å². The van der Waals surface area contributed by atoms with Gasteiger partial charge in [-0.15, -0.1) is 0 Å². The lowest BCUT2D eigenvalue weighted by Crippen LogP contribution is -2.11. The number of anilines is 1. The van der Waals surface area contributed by atoms with Crippen LogP contribution in [0.15, 0.2) is 42.7 Å². The summed E-state index contributed by atoms with van der Waals surface area (Å²) in [5, 5.41) is 3.32. The van der Waals surface area contributed by atoms with Crippen molar-refractivity contribution in [3.63, 3.8) is 0 Å². The highest BCUT2D eigenvalue weighted by Crippen LogP contribution is 2.22.